The number of hydrogen-bond acceptors (Lipinski definition) is 3. The first-order valence-electron chi connectivity index (χ1n) is 7.64. The van der Waals surface area contributed by atoms with Gasteiger partial charge in [-0.3, -0.25) is 4.79 Å². The topological polar surface area (TPSA) is 58.6 Å². The summed E-state index contributed by atoms with van der Waals surface area (Å²) in [4.78, 5) is 26.4. The number of rotatable bonds is 1. The number of hydrogen-bond donors (Lipinski definition) is 1. The van der Waals surface area contributed by atoms with E-state index in [1.807, 2.05) is 39.0 Å². The van der Waals surface area contributed by atoms with Crippen LogP contribution in [0.2, 0.25) is 0 Å². The van der Waals surface area contributed by atoms with Crippen molar-refractivity contribution in [3.05, 3.63) is 29.8 Å². The fourth-order valence-electron chi connectivity index (χ4n) is 3.16. The maximum atomic E-state index is 12.7. The quantitative estimate of drug-likeness (QED) is 0.867. The molecule has 0 spiro atoms. The van der Waals surface area contributed by atoms with Crippen molar-refractivity contribution in [1.29, 1.82) is 0 Å². The van der Waals surface area contributed by atoms with Crippen molar-refractivity contribution >= 4 is 17.7 Å². The van der Waals surface area contributed by atoms with Crippen molar-refractivity contribution < 1.29 is 14.3 Å². The molecule has 1 aliphatic heterocycles. The largest absolute Gasteiger partial charge is 0.444 e. The zero-order valence-electron chi connectivity index (χ0n) is 13.4. The number of fused-ring (bicyclic) bond motifs is 3. The van der Waals surface area contributed by atoms with Gasteiger partial charge in [0.15, 0.2) is 0 Å². The molecule has 0 bridgehead atoms. The molecule has 1 saturated carbocycles. The van der Waals surface area contributed by atoms with Crippen molar-refractivity contribution in [2.24, 2.45) is 5.92 Å². The van der Waals surface area contributed by atoms with Gasteiger partial charge < -0.3 is 15.0 Å². The van der Waals surface area contributed by atoms with Gasteiger partial charge in [0.05, 0.1) is 0 Å². The van der Waals surface area contributed by atoms with Crippen molar-refractivity contribution in [1.82, 2.24) is 5.32 Å². The highest BCUT2D eigenvalue weighted by molar-refractivity contribution is 6.00. The van der Waals surface area contributed by atoms with Crippen LogP contribution in [0, 0.1) is 5.92 Å². The Kier molecular flexibility index (Phi) is 3.38. The highest BCUT2D eigenvalue weighted by Gasteiger charge is 2.52. The maximum Gasteiger partial charge on any atom is 0.408 e. The lowest BCUT2D eigenvalue weighted by Gasteiger charge is -2.25. The molecule has 118 valence electrons. The molecule has 0 radical (unpaired) electrons. The van der Waals surface area contributed by atoms with E-state index in [1.54, 1.807) is 11.9 Å². The summed E-state index contributed by atoms with van der Waals surface area (Å²) in [7, 11) is 1.76. The Bertz CT molecular complexity index is 621. The molecule has 3 rings (SSSR count). The lowest BCUT2D eigenvalue weighted by molar-refractivity contribution is -0.120. The Hall–Kier alpha value is -2.04. The third-order valence-electron chi connectivity index (χ3n) is 4.23. The molecule has 1 aromatic rings. The van der Waals surface area contributed by atoms with Crippen LogP contribution in [-0.2, 0) is 9.53 Å². The minimum absolute atomic E-state index is 0.0803. The van der Waals surface area contributed by atoms with Gasteiger partial charge >= 0.3 is 6.09 Å². The van der Waals surface area contributed by atoms with E-state index < -0.39 is 17.7 Å². The number of likely N-dealkylation sites (N-methyl/N-ethyl adjacent to an activating group) is 1. The lowest BCUT2D eigenvalue weighted by Crippen LogP contribution is -2.49. The van der Waals surface area contributed by atoms with Crippen molar-refractivity contribution in [3.63, 3.8) is 0 Å². The van der Waals surface area contributed by atoms with Crippen molar-refractivity contribution in [3.8, 4) is 0 Å². The molecule has 2 amide bonds. The second-order valence-electron chi connectivity index (χ2n) is 7.09. The summed E-state index contributed by atoms with van der Waals surface area (Å²) in [5.74, 6) is 0.416. The average Bonchev–Trinajstić information content (AvgIpc) is 3.21. The van der Waals surface area contributed by atoms with Crippen LogP contribution in [0.3, 0.4) is 0 Å². The van der Waals surface area contributed by atoms with Gasteiger partial charge in [0.1, 0.15) is 11.6 Å². The number of nitrogens with one attached hydrogen (secondary N) is 1. The van der Waals surface area contributed by atoms with Gasteiger partial charge in [-0.2, -0.15) is 0 Å². The van der Waals surface area contributed by atoms with Gasteiger partial charge in [-0.25, -0.2) is 4.79 Å². The molecule has 1 aliphatic carbocycles. The number of para-hydroxylation sites is 1. The molecule has 1 fully saturated rings. The Morgan fingerprint density at radius 3 is 2.68 bits per heavy atom. The van der Waals surface area contributed by atoms with Crippen LogP contribution in [0.4, 0.5) is 10.5 Å². The first kappa shape index (κ1) is 14.9. The molecule has 0 unspecified atom stereocenters. The zero-order chi connectivity index (χ0) is 16.1. The number of carbonyl (C=O) groups excluding carboxylic acids is 2. The minimum atomic E-state index is -0.574. The second kappa shape index (κ2) is 5.00. The van der Waals surface area contributed by atoms with Crippen molar-refractivity contribution in [2.75, 3.05) is 11.9 Å². The van der Waals surface area contributed by atoms with Gasteiger partial charge in [0.25, 0.3) is 0 Å². The highest BCUT2D eigenvalue weighted by Crippen LogP contribution is 2.54. The number of benzene rings is 1. The Labute approximate surface area is 130 Å². The van der Waals surface area contributed by atoms with Crippen LogP contribution < -0.4 is 10.2 Å². The number of amides is 2. The van der Waals surface area contributed by atoms with E-state index >= 15 is 0 Å². The number of alkyl carbamates (subject to hydrolysis) is 1. The molecule has 3 atom stereocenters. The molecular weight excluding hydrogens is 280 g/mol. The van der Waals surface area contributed by atoms with E-state index in [-0.39, 0.29) is 11.8 Å². The fraction of sp³-hybridized carbons (Fsp3) is 0.529. The van der Waals surface area contributed by atoms with Crippen LogP contribution in [0.1, 0.15) is 38.7 Å². The fourth-order valence-corrected chi connectivity index (χ4v) is 3.16. The van der Waals surface area contributed by atoms with Gasteiger partial charge in [0.2, 0.25) is 5.91 Å². The zero-order valence-corrected chi connectivity index (χ0v) is 13.4. The second-order valence-corrected chi connectivity index (χ2v) is 7.09. The molecular formula is C17H22N2O3. The molecule has 0 aromatic heterocycles. The molecule has 5 heteroatoms. The predicted molar refractivity (Wildman–Crippen MR) is 83.9 cm³/mol. The van der Waals surface area contributed by atoms with Gasteiger partial charge in [-0.15, -0.1) is 0 Å². The van der Waals surface area contributed by atoms with E-state index in [0.717, 1.165) is 12.1 Å². The number of anilines is 1. The molecule has 22 heavy (non-hydrogen) atoms. The monoisotopic (exact) mass is 302 g/mol. The summed E-state index contributed by atoms with van der Waals surface area (Å²) < 4.78 is 5.29. The Balaban J connectivity index is 1.81. The van der Waals surface area contributed by atoms with Gasteiger partial charge in [0, 0.05) is 12.7 Å². The summed E-state index contributed by atoms with van der Waals surface area (Å²) in [6.45, 7) is 5.43. The third-order valence-corrected chi connectivity index (χ3v) is 4.23. The van der Waals surface area contributed by atoms with E-state index in [2.05, 4.69) is 11.4 Å². The van der Waals surface area contributed by atoms with E-state index in [4.69, 9.17) is 4.74 Å². The van der Waals surface area contributed by atoms with Crippen molar-refractivity contribution in [2.45, 2.75) is 44.8 Å². The van der Waals surface area contributed by atoms with Crippen LogP contribution in [0.25, 0.3) is 0 Å². The van der Waals surface area contributed by atoms with Crippen LogP contribution in [-0.4, -0.2) is 30.7 Å². The summed E-state index contributed by atoms with van der Waals surface area (Å²) in [5, 5.41) is 2.77. The first-order valence-corrected chi connectivity index (χ1v) is 7.64. The van der Waals surface area contributed by atoms with Gasteiger partial charge in [-0.1, -0.05) is 18.2 Å². The number of nitrogens with zero attached hydrogens (tertiary/aromatic N) is 1. The van der Waals surface area contributed by atoms with Gasteiger partial charge in [-0.05, 0) is 50.7 Å². The SMILES string of the molecule is CN1C(=O)[C@H](NC(=O)OC(C)(C)C)[C@H]2C[C@H]2c2ccccc21. The standard InChI is InChI=1S/C17H22N2O3/c1-17(2,3)22-16(21)18-14-12-9-11(12)10-7-5-6-8-13(10)19(4)15(14)20/h5-8,11-12,14H,9H2,1-4H3,(H,18,21)/t11-,12-,14+/m0/s1. The predicted octanol–water partition coefficient (Wildman–Crippen LogP) is 2.66. The summed E-state index contributed by atoms with van der Waals surface area (Å²) in [6, 6.07) is 7.44. The smallest absolute Gasteiger partial charge is 0.408 e. The number of carbonyl (C=O) groups is 2. The minimum Gasteiger partial charge on any atom is -0.444 e. The molecule has 1 heterocycles. The van der Waals surface area contributed by atoms with Crippen LogP contribution >= 0.6 is 0 Å². The van der Waals surface area contributed by atoms with Crippen LogP contribution in [0.15, 0.2) is 24.3 Å². The number of ether oxygens (including phenoxy) is 1. The van der Waals surface area contributed by atoms with E-state index in [0.29, 0.717) is 5.92 Å². The summed E-state index contributed by atoms with van der Waals surface area (Å²) in [6.07, 6.45) is 0.396. The average molecular weight is 302 g/mol. The van der Waals surface area contributed by atoms with Crippen LogP contribution in [0.5, 0.6) is 0 Å². The molecule has 2 aliphatic rings. The first-order chi connectivity index (χ1) is 10.3. The van der Waals surface area contributed by atoms with E-state index in [1.165, 1.54) is 5.56 Å². The molecule has 0 saturated heterocycles. The normalized spacial score (nSPS) is 26.6. The summed E-state index contributed by atoms with van der Waals surface area (Å²) in [5.41, 5.74) is 1.56. The maximum absolute atomic E-state index is 12.7. The highest BCUT2D eigenvalue weighted by atomic mass is 16.6. The van der Waals surface area contributed by atoms with E-state index in [9.17, 15) is 9.59 Å². The Morgan fingerprint density at radius 1 is 1.32 bits per heavy atom. The third kappa shape index (κ3) is 2.67. The molecule has 1 N–H and O–H groups in total. The lowest BCUT2D eigenvalue weighted by atomic mass is 10.1. The molecule has 1 aromatic carbocycles. The Morgan fingerprint density at radius 2 is 2.00 bits per heavy atom. The molecule has 5 nitrogen and oxygen atoms in total. The summed E-state index contributed by atoms with van der Waals surface area (Å²) >= 11 is 0.